The van der Waals surface area contributed by atoms with Crippen molar-refractivity contribution in [3.63, 3.8) is 0 Å². The molecular weight excluding hydrogens is 307 g/mol. The van der Waals surface area contributed by atoms with Crippen LogP contribution in [0.2, 0.25) is 0 Å². The van der Waals surface area contributed by atoms with Gasteiger partial charge < -0.3 is 5.11 Å². The predicted molar refractivity (Wildman–Crippen MR) is 78.4 cm³/mol. The van der Waals surface area contributed by atoms with E-state index in [4.69, 9.17) is 0 Å². The lowest BCUT2D eigenvalue weighted by Crippen LogP contribution is -2.28. The van der Waals surface area contributed by atoms with Gasteiger partial charge in [0.2, 0.25) is 0 Å². The SMILES string of the molecule is CCC(O)(Cc1ccc(Br)cc1)c1ccccc1F. The summed E-state index contributed by atoms with van der Waals surface area (Å²) < 4.78 is 14.9. The van der Waals surface area contributed by atoms with Gasteiger partial charge in [-0.2, -0.15) is 0 Å². The van der Waals surface area contributed by atoms with Crippen LogP contribution in [-0.4, -0.2) is 5.11 Å². The normalized spacial score (nSPS) is 14.1. The molecule has 1 N–H and O–H groups in total. The minimum atomic E-state index is -1.17. The van der Waals surface area contributed by atoms with Crippen LogP contribution in [0, 0.1) is 5.82 Å². The van der Waals surface area contributed by atoms with Gasteiger partial charge in [-0.05, 0) is 30.2 Å². The van der Waals surface area contributed by atoms with Gasteiger partial charge in [-0.15, -0.1) is 0 Å². The average Bonchev–Trinajstić information content (AvgIpc) is 2.42. The van der Waals surface area contributed by atoms with Crippen LogP contribution in [0.4, 0.5) is 4.39 Å². The number of hydrogen-bond donors (Lipinski definition) is 1. The van der Waals surface area contributed by atoms with E-state index in [9.17, 15) is 9.50 Å². The molecule has 0 saturated heterocycles. The van der Waals surface area contributed by atoms with E-state index in [0.29, 0.717) is 18.4 Å². The highest BCUT2D eigenvalue weighted by Crippen LogP contribution is 2.31. The first kappa shape index (κ1) is 14.2. The van der Waals surface area contributed by atoms with Gasteiger partial charge in [0, 0.05) is 16.5 Å². The minimum absolute atomic E-state index is 0.357. The second kappa shape index (κ2) is 5.85. The molecule has 0 amide bonds. The number of benzene rings is 2. The van der Waals surface area contributed by atoms with Gasteiger partial charge in [0.15, 0.2) is 0 Å². The highest BCUT2D eigenvalue weighted by atomic mass is 79.9. The lowest BCUT2D eigenvalue weighted by atomic mass is 9.85. The van der Waals surface area contributed by atoms with Crippen LogP contribution in [0.3, 0.4) is 0 Å². The molecule has 0 radical (unpaired) electrons. The largest absolute Gasteiger partial charge is 0.385 e. The first-order valence-electron chi connectivity index (χ1n) is 6.27. The van der Waals surface area contributed by atoms with Crippen LogP contribution in [0.25, 0.3) is 0 Å². The molecular formula is C16H16BrFO. The summed E-state index contributed by atoms with van der Waals surface area (Å²) >= 11 is 3.38. The zero-order chi connectivity index (χ0) is 13.9. The van der Waals surface area contributed by atoms with Crippen molar-refractivity contribution < 1.29 is 9.50 Å². The van der Waals surface area contributed by atoms with E-state index >= 15 is 0 Å². The molecule has 0 spiro atoms. The maximum absolute atomic E-state index is 13.9. The Labute approximate surface area is 121 Å². The molecule has 3 heteroatoms. The molecule has 0 aliphatic heterocycles. The number of rotatable bonds is 4. The summed E-state index contributed by atoms with van der Waals surface area (Å²) in [5, 5.41) is 10.7. The van der Waals surface area contributed by atoms with Gasteiger partial charge >= 0.3 is 0 Å². The molecule has 2 aromatic carbocycles. The predicted octanol–water partition coefficient (Wildman–Crippen LogP) is 4.43. The molecule has 0 bridgehead atoms. The van der Waals surface area contributed by atoms with Crippen molar-refractivity contribution in [2.75, 3.05) is 0 Å². The van der Waals surface area contributed by atoms with E-state index in [2.05, 4.69) is 15.9 Å². The second-order valence-corrected chi connectivity index (χ2v) is 5.58. The molecule has 2 rings (SSSR count). The van der Waals surface area contributed by atoms with Crippen molar-refractivity contribution in [2.45, 2.75) is 25.4 Å². The molecule has 100 valence electrons. The van der Waals surface area contributed by atoms with Crippen LogP contribution in [0.1, 0.15) is 24.5 Å². The summed E-state index contributed by atoms with van der Waals surface area (Å²) in [6, 6.07) is 14.1. The van der Waals surface area contributed by atoms with E-state index < -0.39 is 5.60 Å². The Morgan fingerprint density at radius 2 is 1.74 bits per heavy atom. The quantitative estimate of drug-likeness (QED) is 0.882. The summed E-state index contributed by atoms with van der Waals surface area (Å²) in [5.41, 5.74) is 0.176. The highest BCUT2D eigenvalue weighted by molar-refractivity contribution is 9.10. The third kappa shape index (κ3) is 3.23. The summed E-state index contributed by atoms with van der Waals surface area (Å²) in [6.07, 6.45) is 0.863. The van der Waals surface area contributed by atoms with E-state index in [0.717, 1.165) is 10.0 Å². The number of hydrogen-bond acceptors (Lipinski definition) is 1. The Morgan fingerprint density at radius 1 is 1.11 bits per heavy atom. The molecule has 1 unspecified atom stereocenters. The molecule has 0 aliphatic rings. The third-order valence-electron chi connectivity index (χ3n) is 3.37. The summed E-state index contributed by atoms with van der Waals surface area (Å²) in [6.45, 7) is 1.87. The molecule has 19 heavy (non-hydrogen) atoms. The number of aliphatic hydroxyl groups is 1. The van der Waals surface area contributed by atoms with Crippen molar-refractivity contribution in [1.29, 1.82) is 0 Å². The maximum Gasteiger partial charge on any atom is 0.129 e. The van der Waals surface area contributed by atoms with Crippen molar-refractivity contribution in [3.8, 4) is 0 Å². The van der Waals surface area contributed by atoms with Crippen molar-refractivity contribution in [3.05, 3.63) is 69.9 Å². The fourth-order valence-electron chi connectivity index (χ4n) is 2.19. The third-order valence-corrected chi connectivity index (χ3v) is 3.90. The maximum atomic E-state index is 13.9. The van der Waals surface area contributed by atoms with Gasteiger partial charge in [0.1, 0.15) is 5.82 Å². The van der Waals surface area contributed by atoms with Crippen molar-refractivity contribution in [1.82, 2.24) is 0 Å². The fourth-order valence-corrected chi connectivity index (χ4v) is 2.45. The average molecular weight is 323 g/mol. The smallest absolute Gasteiger partial charge is 0.129 e. The Bertz CT molecular complexity index is 553. The Morgan fingerprint density at radius 3 is 2.32 bits per heavy atom. The van der Waals surface area contributed by atoms with E-state index in [1.807, 2.05) is 31.2 Å². The van der Waals surface area contributed by atoms with Crippen molar-refractivity contribution >= 4 is 15.9 Å². The zero-order valence-corrected chi connectivity index (χ0v) is 12.3. The Kier molecular flexibility index (Phi) is 4.38. The Hall–Kier alpha value is -1.19. The molecule has 0 fully saturated rings. The monoisotopic (exact) mass is 322 g/mol. The highest BCUT2D eigenvalue weighted by Gasteiger charge is 2.30. The topological polar surface area (TPSA) is 20.2 Å². The first-order chi connectivity index (χ1) is 9.05. The summed E-state index contributed by atoms with van der Waals surface area (Å²) in [4.78, 5) is 0. The van der Waals surface area contributed by atoms with Gasteiger partial charge in [-0.3, -0.25) is 0 Å². The molecule has 1 nitrogen and oxygen atoms in total. The molecule has 0 aromatic heterocycles. The van der Waals surface area contributed by atoms with E-state index in [-0.39, 0.29) is 5.82 Å². The molecule has 0 aliphatic carbocycles. The summed E-state index contributed by atoms with van der Waals surface area (Å²) in [7, 11) is 0. The van der Waals surface area contributed by atoms with Crippen LogP contribution < -0.4 is 0 Å². The van der Waals surface area contributed by atoms with E-state index in [1.165, 1.54) is 6.07 Å². The van der Waals surface area contributed by atoms with Gasteiger partial charge in [0.25, 0.3) is 0 Å². The van der Waals surface area contributed by atoms with Crippen LogP contribution in [0.15, 0.2) is 53.0 Å². The fraction of sp³-hybridized carbons (Fsp3) is 0.250. The van der Waals surface area contributed by atoms with Crippen LogP contribution in [0.5, 0.6) is 0 Å². The minimum Gasteiger partial charge on any atom is -0.385 e. The van der Waals surface area contributed by atoms with Crippen molar-refractivity contribution in [2.24, 2.45) is 0 Å². The lowest BCUT2D eigenvalue weighted by molar-refractivity contribution is 0.0292. The first-order valence-corrected chi connectivity index (χ1v) is 7.06. The number of halogens is 2. The Balaban J connectivity index is 2.33. The zero-order valence-electron chi connectivity index (χ0n) is 10.7. The molecule has 0 heterocycles. The van der Waals surface area contributed by atoms with Gasteiger partial charge in [0.05, 0.1) is 5.60 Å². The van der Waals surface area contributed by atoms with Crippen LogP contribution in [-0.2, 0) is 12.0 Å². The molecule has 1 atom stereocenters. The lowest BCUT2D eigenvalue weighted by Gasteiger charge is -2.28. The standard InChI is InChI=1S/C16H16BrFO/c1-2-16(19,14-5-3-4-6-15(14)18)11-12-7-9-13(17)10-8-12/h3-10,19H,2,11H2,1H3. The van der Waals surface area contributed by atoms with Gasteiger partial charge in [-0.25, -0.2) is 4.39 Å². The summed E-state index contributed by atoms with van der Waals surface area (Å²) in [5.74, 6) is -0.357. The van der Waals surface area contributed by atoms with E-state index in [1.54, 1.807) is 18.2 Å². The second-order valence-electron chi connectivity index (χ2n) is 4.67. The molecule has 0 saturated carbocycles. The molecule has 2 aromatic rings. The van der Waals surface area contributed by atoms with Gasteiger partial charge in [-0.1, -0.05) is 53.2 Å². The van der Waals surface area contributed by atoms with Crippen LogP contribution >= 0.6 is 15.9 Å².